The Bertz CT molecular complexity index is 692. The Balaban J connectivity index is 2.04. The number of allylic oxidation sites excluding steroid dienone is 1. The van der Waals surface area contributed by atoms with Crippen LogP contribution in [0, 0.1) is 10.1 Å². The van der Waals surface area contributed by atoms with Crippen molar-refractivity contribution in [2.24, 2.45) is 0 Å². The highest BCUT2D eigenvalue weighted by atomic mass is 16.6. The van der Waals surface area contributed by atoms with Gasteiger partial charge in [-0.3, -0.25) is 10.1 Å². The van der Waals surface area contributed by atoms with Gasteiger partial charge in [0, 0.05) is 19.3 Å². The normalized spacial score (nSPS) is 11.0. The maximum Gasteiger partial charge on any atom is 0.338 e. The second-order valence-corrected chi connectivity index (χ2v) is 4.67. The van der Waals surface area contributed by atoms with Crippen molar-refractivity contribution >= 4 is 17.0 Å². The molecule has 0 amide bonds. The molecule has 2 heterocycles. The van der Waals surface area contributed by atoms with Gasteiger partial charge in [0.1, 0.15) is 5.52 Å². The molecule has 22 heavy (non-hydrogen) atoms. The van der Waals surface area contributed by atoms with E-state index in [0.717, 1.165) is 13.0 Å². The van der Waals surface area contributed by atoms with Gasteiger partial charge in [0.25, 0.3) is 0 Å². The second kappa shape index (κ2) is 7.26. The smallest absolute Gasteiger partial charge is 0.338 e. The molecule has 0 unspecified atom stereocenters. The lowest BCUT2D eigenvalue weighted by Crippen LogP contribution is -2.15. The maximum absolute atomic E-state index is 11.3. The summed E-state index contributed by atoms with van der Waals surface area (Å²) in [6.45, 7) is 7.04. The average Bonchev–Trinajstić information content (AvgIpc) is 2.88. The molecular weight excluding hydrogens is 282 g/mol. The van der Waals surface area contributed by atoms with Crippen molar-refractivity contribution in [2.45, 2.75) is 13.3 Å². The summed E-state index contributed by atoms with van der Waals surface area (Å²) in [6.07, 6.45) is 8.11. The summed E-state index contributed by atoms with van der Waals surface area (Å²) in [5, 5.41) is 18.5. The van der Waals surface area contributed by atoms with E-state index in [9.17, 15) is 10.1 Å². The molecule has 2 aromatic heterocycles. The van der Waals surface area contributed by atoms with E-state index in [1.54, 1.807) is 30.6 Å². The van der Waals surface area contributed by atoms with Crippen molar-refractivity contribution in [3.05, 3.63) is 59.6 Å². The SMILES string of the molecule is C=CN(/C=C\C)CCCNc1nn2ccccc2c1[N+](=O)[O-]. The summed E-state index contributed by atoms with van der Waals surface area (Å²) in [4.78, 5) is 12.8. The molecule has 2 rings (SSSR count). The van der Waals surface area contributed by atoms with E-state index in [0.29, 0.717) is 17.9 Å². The van der Waals surface area contributed by atoms with Crippen LogP contribution in [-0.2, 0) is 0 Å². The first-order chi connectivity index (χ1) is 10.7. The number of fused-ring (bicyclic) bond motifs is 1. The van der Waals surface area contributed by atoms with Crippen LogP contribution < -0.4 is 5.32 Å². The molecule has 0 saturated heterocycles. The third kappa shape index (κ3) is 3.43. The maximum atomic E-state index is 11.3. The van der Waals surface area contributed by atoms with E-state index in [1.807, 2.05) is 24.1 Å². The minimum absolute atomic E-state index is 0.00892. The first-order valence-corrected chi connectivity index (χ1v) is 7.04. The molecule has 0 spiro atoms. The number of hydrogen-bond donors (Lipinski definition) is 1. The number of anilines is 1. The molecule has 7 nitrogen and oxygen atoms in total. The summed E-state index contributed by atoms with van der Waals surface area (Å²) >= 11 is 0. The number of nitrogens with zero attached hydrogens (tertiary/aromatic N) is 4. The van der Waals surface area contributed by atoms with Crippen molar-refractivity contribution in [1.82, 2.24) is 14.5 Å². The molecule has 0 aromatic carbocycles. The lowest BCUT2D eigenvalue weighted by Gasteiger charge is -2.14. The van der Waals surface area contributed by atoms with E-state index in [2.05, 4.69) is 17.0 Å². The summed E-state index contributed by atoms with van der Waals surface area (Å²) in [5.41, 5.74) is 0.492. The number of nitrogens with one attached hydrogen (secondary N) is 1. The van der Waals surface area contributed by atoms with Gasteiger partial charge in [-0.15, -0.1) is 5.10 Å². The topological polar surface area (TPSA) is 75.7 Å². The monoisotopic (exact) mass is 301 g/mol. The van der Waals surface area contributed by atoms with E-state index >= 15 is 0 Å². The second-order valence-electron chi connectivity index (χ2n) is 4.67. The summed E-state index contributed by atoms with van der Waals surface area (Å²) in [7, 11) is 0. The zero-order valence-corrected chi connectivity index (χ0v) is 12.5. The Labute approximate surface area is 128 Å². The van der Waals surface area contributed by atoms with Gasteiger partial charge < -0.3 is 10.2 Å². The quantitative estimate of drug-likeness (QED) is 0.461. The van der Waals surface area contributed by atoms with E-state index < -0.39 is 4.92 Å². The van der Waals surface area contributed by atoms with Crippen LogP contribution in [0.15, 0.2) is 49.5 Å². The molecule has 1 N–H and O–H groups in total. The minimum Gasteiger partial charge on any atom is -0.363 e. The van der Waals surface area contributed by atoms with Gasteiger partial charge in [0.15, 0.2) is 0 Å². The van der Waals surface area contributed by atoms with Crippen LogP contribution in [-0.4, -0.2) is 32.5 Å². The Morgan fingerprint density at radius 1 is 1.55 bits per heavy atom. The predicted molar refractivity (Wildman–Crippen MR) is 86.7 cm³/mol. The highest BCUT2D eigenvalue weighted by molar-refractivity contribution is 5.76. The van der Waals surface area contributed by atoms with Crippen LogP contribution in [0.2, 0.25) is 0 Å². The molecule has 0 fully saturated rings. The van der Waals surface area contributed by atoms with Crippen LogP contribution in [0.3, 0.4) is 0 Å². The fourth-order valence-corrected chi connectivity index (χ4v) is 2.17. The first-order valence-electron chi connectivity index (χ1n) is 7.04. The number of aromatic nitrogens is 2. The first kappa shape index (κ1) is 15.6. The fourth-order valence-electron chi connectivity index (χ4n) is 2.17. The summed E-state index contributed by atoms with van der Waals surface area (Å²) in [5.74, 6) is 0.299. The molecule has 7 heteroatoms. The standard InChI is InChI=1S/C15H19N5O2/c1-3-10-18(4-2)11-7-9-16-15-14(20(21)22)13-8-5-6-12-19(13)17-15/h3-6,8,10,12H,2,7,9,11H2,1H3,(H,16,17)/b10-3-. The average molecular weight is 301 g/mol. The van der Waals surface area contributed by atoms with Crippen LogP contribution in [0.25, 0.3) is 5.52 Å². The molecule has 0 aliphatic rings. The number of nitro groups is 1. The Kier molecular flexibility index (Phi) is 5.13. The number of pyridine rings is 1. The van der Waals surface area contributed by atoms with Crippen molar-refractivity contribution in [3.8, 4) is 0 Å². The molecule has 0 atom stereocenters. The van der Waals surface area contributed by atoms with Crippen molar-refractivity contribution < 1.29 is 4.92 Å². The van der Waals surface area contributed by atoms with Crippen molar-refractivity contribution in [2.75, 3.05) is 18.4 Å². The largest absolute Gasteiger partial charge is 0.363 e. The molecule has 0 radical (unpaired) electrons. The Morgan fingerprint density at radius 3 is 3.05 bits per heavy atom. The van der Waals surface area contributed by atoms with Crippen LogP contribution in [0.1, 0.15) is 13.3 Å². The lowest BCUT2D eigenvalue weighted by molar-refractivity contribution is -0.382. The summed E-state index contributed by atoms with van der Waals surface area (Å²) in [6, 6.07) is 5.22. The van der Waals surface area contributed by atoms with Gasteiger partial charge in [-0.25, -0.2) is 4.52 Å². The van der Waals surface area contributed by atoms with Crippen LogP contribution in [0.4, 0.5) is 11.5 Å². The zero-order valence-electron chi connectivity index (χ0n) is 12.5. The molecule has 0 aliphatic carbocycles. The van der Waals surface area contributed by atoms with Crippen molar-refractivity contribution in [1.29, 1.82) is 0 Å². The van der Waals surface area contributed by atoms with Gasteiger partial charge >= 0.3 is 5.69 Å². The van der Waals surface area contributed by atoms with Gasteiger partial charge in [0.2, 0.25) is 5.82 Å². The Hall–Kier alpha value is -2.83. The van der Waals surface area contributed by atoms with E-state index in [4.69, 9.17) is 0 Å². The van der Waals surface area contributed by atoms with E-state index in [-0.39, 0.29) is 5.69 Å². The molecule has 2 aromatic rings. The predicted octanol–water partition coefficient (Wildman–Crippen LogP) is 3.02. The molecule has 0 bridgehead atoms. The van der Waals surface area contributed by atoms with Crippen molar-refractivity contribution in [3.63, 3.8) is 0 Å². The zero-order chi connectivity index (χ0) is 15.9. The molecular formula is C15H19N5O2. The van der Waals surface area contributed by atoms with E-state index in [1.165, 1.54) is 4.52 Å². The minimum atomic E-state index is -0.402. The van der Waals surface area contributed by atoms with Crippen LogP contribution in [0.5, 0.6) is 0 Å². The van der Waals surface area contributed by atoms with Gasteiger partial charge in [0.05, 0.1) is 4.92 Å². The molecule has 0 aliphatic heterocycles. The number of hydrogen-bond acceptors (Lipinski definition) is 5. The number of rotatable bonds is 8. The third-order valence-corrected chi connectivity index (χ3v) is 3.16. The van der Waals surface area contributed by atoms with Gasteiger partial charge in [-0.05, 0) is 37.9 Å². The highest BCUT2D eigenvalue weighted by Gasteiger charge is 2.22. The third-order valence-electron chi connectivity index (χ3n) is 3.16. The van der Waals surface area contributed by atoms with Gasteiger partial charge in [-0.2, -0.15) is 0 Å². The Morgan fingerprint density at radius 2 is 2.36 bits per heavy atom. The van der Waals surface area contributed by atoms with Gasteiger partial charge in [-0.1, -0.05) is 18.7 Å². The summed E-state index contributed by atoms with van der Waals surface area (Å²) < 4.78 is 1.51. The lowest BCUT2D eigenvalue weighted by atomic mass is 10.3. The fraction of sp³-hybridized carbons (Fsp3) is 0.267. The highest BCUT2D eigenvalue weighted by Crippen LogP contribution is 2.28. The molecule has 116 valence electrons. The molecule has 0 saturated carbocycles. The van der Waals surface area contributed by atoms with Crippen LogP contribution >= 0.6 is 0 Å².